The first kappa shape index (κ1) is 20.0. The number of anilines is 1. The van der Waals surface area contributed by atoms with Gasteiger partial charge in [-0.15, -0.1) is 0 Å². The summed E-state index contributed by atoms with van der Waals surface area (Å²) in [6, 6.07) is 2.89. The average Bonchev–Trinajstić information content (AvgIpc) is 3.40. The maximum atomic E-state index is 6.15. The van der Waals surface area contributed by atoms with Gasteiger partial charge in [0.05, 0.1) is 17.1 Å². The van der Waals surface area contributed by atoms with Crippen molar-refractivity contribution in [1.82, 2.24) is 29.5 Å². The highest BCUT2D eigenvalue weighted by atomic mass is 35.5. The molecule has 3 saturated carbocycles. The third-order valence-electron chi connectivity index (χ3n) is 7.66. The maximum absolute atomic E-state index is 6.15. The van der Waals surface area contributed by atoms with Gasteiger partial charge in [-0.1, -0.05) is 18.5 Å². The number of nitrogens with zero attached hydrogens (tertiary/aromatic N) is 5. The Kier molecular flexibility index (Phi) is 4.64. The number of hydrogen-bond donors (Lipinski definition) is 2. The van der Waals surface area contributed by atoms with E-state index in [2.05, 4.69) is 57.9 Å². The Morgan fingerprint density at radius 3 is 2.66 bits per heavy atom. The summed E-state index contributed by atoms with van der Waals surface area (Å²) in [5.74, 6) is 3.74. The van der Waals surface area contributed by atoms with Crippen molar-refractivity contribution in [2.75, 3.05) is 5.32 Å². The van der Waals surface area contributed by atoms with E-state index in [1.54, 1.807) is 6.20 Å². The van der Waals surface area contributed by atoms with Gasteiger partial charge in [0.2, 0.25) is 0 Å². The minimum Gasteiger partial charge on any atom is -0.366 e. The van der Waals surface area contributed by atoms with Gasteiger partial charge < -0.3 is 14.9 Å². The molecule has 3 fully saturated rings. The number of rotatable bonds is 4. The monoisotopic (exact) mass is 449 g/mol. The van der Waals surface area contributed by atoms with Crippen molar-refractivity contribution < 1.29 is 0 Å². The van der Waals surface area contributed by atoms with Gasteiger partial charge >= 0.3 is 0 Å². The highest BCUT2D eigenvalue weighted by Gasteiger charge is 2.41. The maximum Gasteiger partial charge on any atom is 0.167 e. The van der Waals surface area contributed by atoms with E-state index in [0.717, 1.165) is 28.3 Å². The zero-order valence-electron chi connectivity index (χ0n) is 18.6. The molecule has 0 aromatic carbocycles. The molecule has 2 unspecified atom stereocenters. The topological polar surface area (TPSA) is 84.3 Å². The standard InChI is InChI=1S/C24H28ClN7/c1-12(2)32-9-8-16-21(29-19-13(3)14-4-6-15(19)7-5-14)30-22(31-24(16)32)17-10-26-23-20(17)28-18(25)11-27-23/h8-15,19H,4-7H2,1-3H3,(H,26,27)(H,29,30,31). The van der Waals surface area contributed by atoms with Crippen LogP contribution in [0.4, 0.5) is 5.82 Å². The first-order chi connectivity index (χ1) is 15.5. The van der Waals surface area contributed by atoms with Crippen molar-refractivity contribution in [3.8, 4) is 11.4 Å². The number of fused-ring (bicyclic) bond motifs is 5. The van der Waals surface area contributed by atoms with Crippen LogP contribution in [0.3, 0.4) is 0 Å². The number of halogens is 1. The highest BCUT2D eigenvalue weighted by molar-refractivity contribution is 6.29. The normalized spacial score (nSPS) is 25.3. The van der Waals surface area contributed by atoms with Gasteiger partial charge in [0.1, 0.15) is 22.1 Å². The van der Waals surface area contributed by atoms with Crippen LogP contribution in [0.5, 0.6) is 0 Å². The van der Waals surface area contributed by atoms with E-state index < -0.39 is 0 Å². The molecule has 3 aliphatic rings. The third-order valence-corrected chi connectivity index (χ3v) is 7.84. The Morgan fingerprint density at radius 2 is 1.91 bits per heavy atom. The number of aromatic nitrogens is 6. The number of H-pyrrole nitrogens is 1. The molecule has 32 heavy (non-hydrogen) atoms. The molecule has 3 aliphatic carbocycles. The molecule has 0 spiro atoms. The van der Waals surface area contributed by atoms with Crippen LogP contribution in [0.1, 0.15) is 52.5 Å². The SMILES string of the molecule is CC1C2CCC(CC2)C1Nc1nc(-c2c[nH]c3ncc(Cl)nc23)nc2c1ccn2C(C)C. The van der Waals surface area contributed by atoms with Crippen LogP contribution in [-0.4, -0.2) is 35.5 Å². The molecule has 2 N–H and O–H groups in total. The first-order valence-corrected chi connectivity index (χ1v) is 12.0. The van der Waals surface area contributed by atoms with Crippen molar-refractivity contribution in [3.05, 3.63) is 29.8 Å². The molecule has 4 heterocycles. The summed E-state index contributed by atoms with van der Waals surface area (Å²) in [6.07, 6.45) is 10.9. The molecule has 8 heteroatoms. The summed E-state index contributed by atoms with van der Waals surface area (Å²) in [4.78, 5) is 22.0. The summed E-state index contributed by atoms with van der Waals surface area (Å²) >= 11 is 6.15. The van der Waals surface area contributed by atoms with E-state index >= 15 is 0 Å². The third kappa shape index (κ3) is 3.09. The lowest BCUT2D eigenvalue weighted by Crippen LogP contribution is -2.47. The molecule has 0 aliphatic heterocycles. The molecular formula is C24H28ClN7. The molecule has 0 amide bonds. The van der Waals surface area contributed by atoms with Gasteiger partial charge in [-0.2, -0.15) is 0 Å². The predicted octanol–water partition coefficient (Wildman–Crippen LogP) is 5.84. The Balaban J connectivity index is 1.51. The van der Waals surface area contributed by atoms with Crippen LogP contribution in [0.15, 0.2) is 24.7 Å². The largest absolute Gasteiger partial charge is 0.366 e. The summed E-state index contributed by atoms with van der Waals surface area (Å²) in [6.45, 7) is 6.75. The van der Waals surface area contributed by atoms with Crippen molar-refractivity contribution in [2.24, 2.45) is 17.8 Å². The molecule has 166 valence electrons. The second-order valence-corrected chi connectivity index (χ2v) is 10.1. The van der Waals surface area contributed by atoms with Gasteiger partial charge in [0.15, 0.2) is 11.5 Å². The number of aromatic amines is 1. The fraction of sp³-hybridized carbons (Fsp3) is 0.500. The van der Waals surface area contributed by atoms with Crippen LogP contribution >= 0.6 is 11.6 Å². The second-order valence-electron chi connectivity index (χ2n) is 9.75. The van der Waals surface area contributed by atoms with Crippen LogP contribution in [0.2, 0.25) is 5.15 Å². The molecule has 2 atom stereocenters. The van der Waals surface area contributed by atoms with E-state index in [9.17, 15) is 0 Å². The number of nitrogens with one attached hydrogen (secondary N) is 2. The second kappa shape index (κ2) is 7.44. The summed E-state index contributed by atoms with van der Waals surface area (Å²) in [5, 5.41) is 5.31. The van der Waals surface area contributed by atoms with E-state index in [1.165, 1.54) is 25.7 Å². The Bertz CT molecular complexity index is 1300. The fourth-order valence-electron chi connectivity index (χ4n) is 5.88. The van der Waals surface area contributed by atoms with E-state index in [-0.39, 0.29) is 0 Å². The summed E-state index contributed by atoms with van der Waals surface area (Å²) < 4.78 is 2.20. The molecule has 7 nitrogen and oxygen atoms in total. The Morgan fingerprint density at radius 1 is 1.12 bits per heavy atom. The zero-order chi connectivity index (χ0) is 22.0. The molecular weight excluding hydrogens is 422 g/mol. The summed E-state index contributed by atoms with van der Waals surface area (Å²) in [5.41, 5.74) is 3.12. The van der Waals surface area contributed by atoms with Crippen LogP contribution < -0.4 is 5.32 Å². The molecule has 7 rings (SSSR count). The van der Waals surface area contributed by atoms with Gasteiger partial charge in [-0.05, 0) is 63.4 Å². The van der Waals surface area contributed by atoms with Gasteiger partial charge in [-0.25, -0.2) is 19.9 Å². The molecule has 4 aromatic heterocycles. The average molecular weight is 450 g/mol. The first-order valence-electron chi connectivity index (χ1n) is 11.6. The molecule has 0 radical (unpaired) electrons. The lowest BCUT2D eigenvalue weighted by molar-refractivity contribution is 0.0929. The van der Waals surface area contributed by atoms with Crippen molar-refractivity contribution in [2.45, 2.75) is 58.5 Å². The van der Waals surface area contributed by atoms with Gasteiger partial charge in [0, 0.05) is 24.5 Å². The lowest BCUT2D eigenvalue weighted by Gasteiger charge is -2.47. The van der Waals surface area contributed by atoms with Gasteiger partial charge in [0.25, 0.3) is 0 Å². The Hall–Kier alpha value is -2.67. The van der Waals surface area contributed by atoms with E-state index in [4.69, 9.17) is 21.6 Å². The highest BCUT2D eigenvalue weighted by Crippen LogP contribution is 2.46. The van der Waals surface area contributed by atoms with Crippen molar-refractivity contribution in [1.29, 1.82) is 0 Å². The smallest absolute Gasteiger partial charge is 0.167 e. The van der Waals surface area contributed by atoms with E-state index in [0.29, 0.717) is 46.1 Å². The van der Waals surface area contributed by atoms with Gasteiger partial charge in [-0.3, -0.25) is 0 Å². The van der Waals surface area contributed by atoms with Crippen LogP contribution in [-0.2, 0) is 0 Å². The lowest BCUT2D eigenvalue weighted by atomic mass is 9.62. The van der Waals surface area contributed by atoms with E-state index in [1.807, 2.05) is 6.20 Å². The molecule has 2 bridgehead atoms. The quantitative estimate of drug-likeness (QED) is 0.408. The minimum atomic E-state index is 0.296. The van der Waals surface area contributed by atoms with Crippen molar-refractivity contribution >= 4 is 39.6 Å². The molecule has 4 aromatic rings. The van der Waals surface area contributed by atoms with Crippen LogP contribution in [0.25, 0.3) is 33.6 Å². The Labute approximate surface area is 192 Å². The molecule has 0 saturated heterocycles. The summed E-state index contributed by atoms with van der Waals surface area (Å²) in [7, 11) is 0. The van der Waals surface area contributed by atoms with Crippen LogP contribution in [0, 0.1) is 17.8 Å². The zero-order valence-corrected chi connectivity index (χ0v) is 19.4. The minimum absolute atomic E-state index is 0.296. The van der Waals surface area contributed by atoms with Crippen molar-refractivity contribution in [3.63, 3.8) is 0 Å². The number of hydrogen-bond acceptors (Lipinski definition) is 5. The fourth-order valence-corrected chi connectivity index (χ4v) is 6.01. The predicted molar refractivity (Wildman–Crippen MR) is 128 cm³/mol.